The van der Waals surface area contributed by atoms with Crippen molar-refractivity contribution in [2.24, 2.45) is 4.99 Å². The first kappa shape index (κ1) is 31.2. The minimum absolute atomic E-state index is 0.157. The van der Waals surface area contributed by atoms with Crippen molar-refractivity contribution >= 4 is 50.5 Å². The summed E-state index contributed by atoms with van der Waals surface area (Å²) in [6.45, 7) is 3.84. The van der Waals surface area contributed by atoms with Crippen molar-refractivity contribution in [2.45, 2.75) is 32.7 Å². The van der Waals surface area contributed by atoms with Gasteiger partial charge in [-0.05, 0) is 60.9 Å². The number of halogens is 4. The SMILES string of the molecule is CCC(NNC(=O)/N=C1\SCC(=O)N1c1cc(Br)ccc1C)c1ccc(-c2ncn(-c3ccc(OC(F)(F)F)cc3)n2)cc1. The molecular weight excluding hydrogens is 663 g/mol. The maximum Gasteiger partial charge on any atom is 0.573 e. The van der Waals surface area contributed by atoms with Gasteiger partial charge in [-0.2, -0.15) is 4.99 Å². The largest absolute Gasteiger partial charge is 0.573 e. The van der Waals surface area contributed by atoms with Crippen LogP contribution < -0.4 is 20.5 Å². The van der Waals surface area contributed by atoms with Crippen LogP contribution in [0.15, 0.2) is 82.5 Å². The second-order valence-corrected chi connectivity index (χ2v) is 11.4. The molecule has 15 heteroatoms. The number of anilines is 1. The monoisotopic (exact) mass is 687 g/mol. The number of ether oxygens (including phenoxy) is 1. The number of urea groups is 1. The Hall–Kier alpha value is -4.21. The summed E-state index contributed by atoms with van der Waals surface area (Å²) in [5, 5.41) is 4.72. The van der Waals surface area contributed by atoms with E-state index in [1.807, 2.05) is 56.3 Å². The number of rotatable bonds is 8. The summed E-state index contributed by atoms with van der Waals surface area (Å²) in [6.07, 6.45) is -2.66. The minimum atomic E-state index is -4.77. The maximum atomic E-state index is 12.7. The standard InChI is InChI=1S/C29H25BrF3N7O3S/c1-3-23(36-37-27(42)35-28-40(25(41)15-44-28)24-14-20(30)9-4-17(24)2)18-5-7-19(8-6-18)26-34-16-39(38-26)21-10-12-22(13-11-21)43-29(31,32)33/h4-14,16,23,36H,3,15H2,1-2H3,(H,37,42)/b35-28-. The molecule has 1 saturated heterocycles. The Morgan fingerprint density at radius 2 is 1.86 bits per heavy atom. The van der Waals surface area contributed by atoms with Gasteiger partial charge in [0, 0.05) is 10.0 Å². The molecule has 0 radical (unpaired) electrons. The van der Waals surface area contributed by atoms with Crippen LogP contribution in [-0.4, -0.2) is 44.0 Å². The van der Waals surface area contributed by atoms with Crippen molar-refractivity contribution < 1.29 is 27.5 Å². The van der Waals surface area contributed by atoms with Crippen LogP contribution >= 0.6 is 27.7 Å². The number of hydrazine groups is 1. The van der Waals surface area contributed by atoms with Crippen molar-refractivity contribution in [2.75, 3.05) is 10.7 Å². The highest BCUT2D eigenvalue weighted by Crippen LogP contribution is 2.32. The second kappa shape index (κ2) is 13.2. The van der Waals surface area contributed by atoms with E-state index in [1.165, 1.54) is 51.9 Å². The third kappa shape index (κ3) is 7.46. The van der Waals surface area contributed by atoms with Crippen molar-refractivity contribution in [3.05, 3.63) is 88.7 Å². The number of hydrogen-bond donors (Lipinski definition) is 2. The Labute approximate surface area is 262 Å². The molecule has 0 aliphatic carbocycles. The van der Waals surface area contributed by atoms with Crippen LogP contribution in [-0.2, 0) is 4.79 Å². The number of amidine groups is 1. The molecule has 1 atom stereocenters. The molecule has 2 heterocycles. The second-order valence-electron chi connectivity index (χ2n) is 9.55. The number of aromatic nitrogens is 3. The molecule has 4 aromatic rings. The van der Waals surface area contributed by atoms with Gasteiger partial charge in [0.2, 0.25) is 5.91 Å². The maximum absolute atomic E-state index is 12.7. The summed E-state index contributed by atoms with van der Waals surface area (Å²) in [7, 11) is 0. The van der Waals surface area contributed by atoms with E-state index in [4.69, 9.17) is 0 Å². The fraction of sp³-hybridized carbons (Fsp3) is 0.207. The van der Waals surface area contributed by atoms with E-state index in [0.29, 0.717) is 28.8 Å². The zero-order valence-electron chi connectivity index (χ0n) is 23.3. The molecule has 2 N–H and O–H groups in total. The quantitative estimate of drug-likeness (QED) is 0.198. The summed E-state index contributed by atoms with van der Waals surface area (Å²) >= 11 is 4.63. The molecule has 1 aliphatic rings. The van der Waals surface area contributed by atoms with Crippen LogP contribution in [0.4, 0.5) is 23.7 Å². The molecule has 1 aliphatic heterocycles. The molecule has 1 unspecified atom stereocenters. The zero-order chi connectivity index (χ0) is 31.4. The first-order chi connectivity index (χ1) is 21.0. The Balaban J connectivity index is 1.22. The Bertz CT molecular complexity index is 1700. The predicted octanol–water partition coefficient (Wildman–Crippen LogP) is 6.71. The number of nitrogens with zero attached hydrogens (tertiary/aromatic N) is 5. The number of carbonyl (C=O) groups excluding carboxylic acids is 2. The van der Waals surface area contributed by atoms with Gasteiger partial charge in [-0.25, -0.2) is 19.9 Å². The average Bonchev–Trinajstić information content (AvgIpc) is 3.62. The van der Waals surface area contributed by atoms with E-state index in [0.717, 1.165) is 21.2 Å². The lowest BCUT2D eigenvalue weighted by Gasteiger charge is -2.19. The normalized spacial score (nSPS) is 15.1. The van der Waals surface area contributed by atoms with E-state index >= 15 is 0 Å². The van der Waals surface area contributed by atoms with Crippen LogP contribution in [0.5, 0.6) is 5.75 Å². The van der Waals surface area contributed by atoms with Crippen LogP contribution in [0.3, 0.4) is 0 Å². The number of benzene rings is 3. The number of carbonyl (C=O) groups is 2. The zero-order valence-corrected chi connectivity index (χ0v) is 25.7. The van der Waals surface area contributed by atoms with Gasteiger partial charge in [0.1, 0.15) is 12.1 Å². The van der Waals surface area contributed by atoms with Crippen molar-refractivity contribution in [1.29, 1.82) is 0 Å². The molecule has 44 heavy (non-hydrogen) atoms. The summed E-state index contributed by atoms with van der Waals surface area (Å²) in [5.74, 6) is 0.123. The fourth-order valence-electron chi connectivity index (χ4n) is 4.37. The van der Waals surface area contributed by atoms with E-state index in [-0.39, 0.29) is 23.5 Å². The van der Waals surface area contributed by atoms with Crippen molar-refractivity contribution in [1.82, 2.24) is 25.6 Å². The van der Waals surface area contributed by atoms with Gasteiger partial charge in [0.05, 0.1) is 23.2 Å². The number of aryl methyl sites for hydroxylation is 1. The first-order valence-electron chi connectivity index (χ1n) is 13.2. The van der Waals surface area contributed by atoms with Gasteiger partial charge >= 0.3 is 12.4 Å². The third-order valence-corrected chi connectivity index (χ3v) is 7.95. The highest BCUT2D eigenvalue weighted by Gasteiger charge is 2.32. The van der Waals surface area contributed by atoms with Crippen molar-refractivity contribution in [3.63, 3.8) is 0 Å². The lowest BCUT2D eigenvalue weighted by Crippen LogP contribution is -2.39. The molecular formula is C29H25BrF3N7O3S. The molecule has 228 valence electrons. The van der Waals surface area contributed by atoms with Gasteiger partial charge in [-0.15, -0.1) is 18.3 Å². The van der Waals surface area contributed by atoms with Gasteiger partial charge in [-0.1, -0.05) is 64.9 Å². The first-order valence-corrected chi connectivity index (χ1v) is 15.0. The molecule has 1 aromatic heterocycles. The Morgan fingerprint density at radius 3 is 2.55 bits per heavy atom. The van der Waals surface area contributed by atoms with Crippen LogP contribution in [0.25, 0.3) is 17.1 Å². The van der Waals surface area contributed by atoms with Crippen LogP contribution in [0.1, 0.15) is 30.5 Å². The summed E-state index contributed by atoms with van der Waals surface area (Å²) in [5.41, 5.74) is 9.29. The number of amides is 3. The molecule has 3 amide bonds. The third-order valence-electron chi connectivity index (χ3n) is 6.53. The number of nitrogens with one attached hydrogen (secondary N) is 2. The topological polar surface area (TPSA) is 114 Å². The molecule has 0 spiro atoms. The van der Waals surface area contributed by atoms with Crippen molar-refractivity contribution in [3.8, 4) is 22.8 Å². The van der Waals surface area contributed by atoms with Gasteiger partial charge < -0.3 is 4.74 Å². The smallest absolute Gasteiger partial charge is 0.406 e. The highest BCUT2D eigenvalue weighted by molar-refractivity contribution is 9.10. The molecule has 1 fully saturated rings. The average molecular weight is 689 g/mol. The van der Waals surface area contributed by atoms with Gasteiger partial charge in [0.25, 0.3) is 0 Å². The highest BCUT2D eigenvalue weighted by atomic mass is 79.9. The molecule has 0 bridgehead atoms. The molecule has 0 saturated carbocycles. The van der Waals surface area contributed by atoms with E-state index < -0.39 is 12.4 Å². The lowest BCUT2D eigenvalue weighted by molar-refractivity contribution is -0.274. The van der Waals surface area contributed by atoms with Gasteiger partial charge in [-0.3, -0.25) is 15.1 Å². The fourth-order valence-corrected chi connectivity index (χ4v) is 5.58. The number of aliphatic imine (C=N–C) groups is 1. The Kier molecular flexibility index (Phi) is 9.36. The number of alkyl halides is 3. The van der Waals surface area contributed by atoms with Gasteiger partial charge in [0.15, 0.2) is 11.0 Å². The predicted molar refractivity (Wildman–Crippen MR) is 164 cm³/mol. The molecule has 5 rings (SSSR count). The summed E-state index contributed by atoms with van der Waals surface area (Å²) in [4.78, 5) is 35.2. The number of thioether (sulfide) groups is 1. The van der Waals surface area contributed by atoms with E-state index in [9.17, 15) is 22.8 Å². The molecule has 3 aromatic carbocycles. The lowest BCUT2D eigenvalue weighted by atomic mass is 10.0. The summed E-state index contributed by atoms with van der Waals surface area (Å²) in [6, 6.07) is 17.4. The van der Waals surface area contributed by atoms with Crippen LogP contribution in [0.2, 0.25) is 0 Å². The Morgan fingerprint density at radius 1 is 1.14 bits per heavy atom. The minimum Gasteiger partial charge on any atom is -0.406 e. The number of hydrogen-bond acceptors (Lipinski definition) is 7. The van der Waals surface area contributed by atoms with E-state index in [1.54, 1.807) is 0 Å². The molecule has 10 nitrogen and oxygen atoms in total. The van der Waals surface area contributed by atoms with Crippen LogP contribution in [0, 0.1) is 6.92 Å². The van der Waals surface area contributed by atoms with E-state index in [2.05, 4.69) is 46.6 Å². The summed E-state index contributed by atoms with van der Waals surface area (Å²) < 4.78 is 43.4.